The second-order valence-electron chi connectivity index (χ2n) is 9.63. The smallest absolute Gasteiger partial charge is 0.334 e. The number of piperazine rings is 1. The highest BCUT2D eigenvalue weighted by Gasteiger charge is 2.30. The third-order valence-corrected chi connectivity index (χ3v) is 8.65. The Morgan fingerprint density at radius 2 is 1.92 bits per heavy atom. The molecule has 1 heterocycles. The number of thioether (sulfide) groups is 1. The fraction of sp³-hybridized carbons (Fsp3) is 0.654. The number of carbonyl (C=O) groups excluding carboxylic acids is 3. The zero-order valence-electron chi connectivity index (χ0n) is 22.2. The monoisotopic (exact) mass is 633 g/mol. The van der Waals surface area contributed by atoms with Gasteiger partial charge < -0.3 is 15.3 Å². The number of nitrogens with one attached hydrogen (secondary N) is 2. The van der Waals surface area contributed by atoms with Gasteiger partial charge in [0.05, 0.1) is 13.1 Å². The minimum absolute atomic E-state index is 0.0114. The topological polar surface area (TPSA) is 94.4 Å². The van der Waals surface area contributed by atoms with Gasteiger partial charge in [0, 0.05) is 48.3 Å². The average molecular weight is 634 g/mol. The maximum absolute atomic E-state index is 13.2. The summed E-state index contributed by atoms with van der Waals surface area (Å²) in [5.41, 5.74) is 2.82. The van der Waals surface area contributed by atoms with Crippen LogP contribution < -0.4 is 10.2 Å². The van der Waals surface area contributed by atoms with Crippen LogP contribution in [0.4, 0.5) is 4.79 Å². The summed E-state index contributed by atoms with van der Waals surface area (Å²) in [6.45, 7) is 11.4. The summed E-state index contributed by atoms with van der Waals surface area (Å²) in [6.07, 6.45) is 2.63. The fourth-order valence-corrected chi connectivity index (χ4v) is 6.03. The van der Waals surface area contributed by atoms with E-state index in [4.69, 9.17) is 0 Å². The number of nitrogens with zero attached hydrogens (tertiary/aromatic N) is 2. The van der Waals surface area contributed by atoms with E-state index in [1.807, 2.05) is 26.1 Å². The Hall–Kier alpha value is -1.37. The minimum Gasteiger partial charge on any atom is -0.507 e. The number of benzene rings is 1. The van der Waals surface area contributed by atoms with Crippen LogP contribution in [0.5, 0.6) is 5.75 Å². The van der Waals surface area contributed by atoms with Crippen LogP contribution in [0.3, 0.4) is 0 Å². The highest BCUT2D eigenvalue weighted by Crippen LogP contribution is 2.37. The number of urea groups is 1. The first-order valence-corrected chi connectivity index (χ1v) is 15.0. The van der Waals surface area contributed by atoms with Crippen LogP contribution in [-0.4, -0.2) is 90.1 Å². The van der Waals surface area contributed by atoms with Crippen molar-refractivity contribution in [2.24, 2.45) is 0 Å². The highest BCUT2D eigenvalue weighted by atomic mass is 127. The Morgan fingerprint density at radius 3 is 2.53 bits per heavy atom. The van der Waals surface area contributed by atoms with Gasteiger partial charge in [0.15, 0.2) is 5.12 Å². The Balaban J connectivity index is 2.08. The van der Waals surface area contributed by atoms with E-state index < -0.39 is 6.04 Å². The summed E-state index contributed by atoms with van der Waals surface area (Å²) >= 11 is 3.57. The van der Waals surface area contributed by atoms with Crippen molar-refractivity contribution in [3.8, 4) is 5.75 Å². The molecule has 0 aliphatic carbocycles. The minimum atomic E-state index is -0.588. The van der Waals surface area contributed by atoms with Crippen molar-refractivity contribution in [1.82, 2.24) is 15.1 Å². The lowest BCUT2D eigenvalue weighted by atomic mass is 9.99. The van der Waals surface area contributed by atoms with Crippen LogP contribution in [0.15, 0.2) is 12.1 Å². The Bertz CT molecular complexity index is 908. The van der Waals surface area contributed by atoms with Gasteiger partial charge in [0.2, 0.25) is 0 Å². The van der Waals surface area contributed by atoms with Gasteiger partial charge in [-0.3, -0.25) is 14.6 Å². The van der Waals surface area contributed by atoms with Crippen molar-refractivity contribution in [3.05, 3.63) is 28.8 Å². The summed E-state index contributed by atoms with van der Waals surface area (Å²) in [5, 5.41) is 13.5. The van der Waals surface area contributed by atoms with Crippen LogP contribution in [0.25, 0.3) is 0 Å². The number of hydrogen-bond donors (Lipinski definition) is 3. The number of amides is 3. The summed E-state index contributed by atoms with van der Waals surface area (Å²) < 4.78 is 0.224. The average Bonchev–Trinajstić information content (AvgIpc) is 2.82. The lowest BCUT2D eigenvalue weighted by Crippen LogP contribution is -3.18. The quantitative estimate of drug-likeness (QED) is 0.256. The Morgan fingerprint density at radius 1 is 1.25 bits per heavy atom. The lowest BCUT2D eigenvalue weighted by molar-refractivity contribution is -0.826. The van der Waals surface area contributed by atoms with Crippen molar-refractivity contribution in [2.75, 3.05) is 52.1 Å². The van der Waals surface area contributed by atoms with Crippen LogP contribution in [-0.2, 0) is 16.0 Å². The van der Waals surface area contributed by atoms with E-state index >= 15 is 0 Å². The van der Waals surface area contributed by atoms with Gasteiger partial charge in [0.1, 0.15) is 11.8 Å². The number of likely N-dealkylation sites (N-methyl/N-ethyl adjacent to an activating group) is 1. The SMILES string of the molecule is CCCC(I)c1cc(CCN(CCSC(C)=O)C(=O)N[C@@H](C)C(=O)[NH+]2CCN(C)CC2)cc(C)c1O. The largest absolute Gasteiger partial charge is 0.507 e. The second kappa shape index (κ2) is 15.1. The molecule has 1 saturated heterocycles. The Labute approximate surface area is 233 Å². The predicted molar refractivity (Wildman–Crippen MR) is 154 cm³/mol. The second-order valence-corrected chi connectivity index (χ2v) is 12.4. The summed E-state index contributed by atoms with van der Waals surface area (Å²) in [5.74, 6) is 0.858. The molecule has 202 valence electrons. The zero-order valence-corrected chi connectivity index (χ0v) is 25.2. The molecule has 0 aromatic heterocycles. The normalized spacial score (nSPS) is 16.4. The van der Waals surface area contributed by atoms with E-state index in [1.54, 1.807) is 11.8 Å². The molecule has 0 saturated carbocycles. The first-order valence-electron chi connectivity index (χ1n) is 12.8. The Kier molecular flexibility index (Phi) is 13.0. The van der Waals surface area contributed by atoms with Crippen LogP contribution in [0.1, 0.15) is 54.2 Å². The van der Waals surface area contributed by atoms with E-state index in [0.29, 0.717) is 31.0 Å². The van der Waals surface area contributed by atoms with Gasteiger partial charge in [-0.25, -0.2) is 9.59 Å². The first-order chi connectivity index (χ1) is 17.0. The van der Waals surface area contributed by atoms with E-state index in [0.717, 1.165) is 60.6 Å². The van der Waals surface area contributed by atoms with Crippen molar-refractivity contribution >= 4 is 51.4 Å². The number of aryl methyl sites for hydroxylation is 1. The fourth-order valence-electron chi connectivity index (χ4n) is 4.34. The molecule has 1 aromatic carbocycles. The van der Waals surface area contributed by atoms with Crippen LogP contribution in [0.2, 0.25) is 0 Å². The van der Waals surface area contributed by atoms with Crippen LogP contribution in [0, 0.1) is 6.92 Å². The summed E-state index contributed by atoms with van der Waals surface area (Å²) in [6, 6.07) is 3.13. The maximum atomic E-state index is 13.2. The molecule has 10 heteroatoms. The van der Waals surface area contributed by atoms with Gasteiger partial charge in [-0.15, -0.1) is 0 Å². The summed E-state index contributed by atoms with van der Waals surface area (Å²) in [7, 11) is 2.05. The number of halogens is 1. The zero-order chi connectivity index (χ0) is 26.8. The maximum Gasteiger partial charge on any atom is 0.334 e. The standard InChI is InChI=1S/C26H41IN4O4S/c1-6-7-23(27)22-17-21(16-18(2)24(22)33)8-9-31(14-15-36-20(4)32)26(35)28-19(3)25(34)30-12-10-29(5)11-13-30/h16-17,19,23,33H,6-15H2,1-5H3,(H,28,35)/p+1/t19-,23?/m0/s1. The van der Waals surface area contributed by atoms with Crippen LogP contribution >= 0.6 is 34.4 Å². The molecular weight excluding hydrogens is 591 g/mol. The first kappa shape index (κ1) is 30.9. The van der Waals surface area contributed by atoms with Gasteiger partial charge in [-0.1, -0.05) is 59.8 Å². The van der Waals surface area contributed by atoms with E-state index in [2.05, 4.69) is 39.7 Å². The summed E-state index contributed by atoms with van der Waals surface area (Å²) in [4.78, 5) is 42.3. The van der Waals surface area contributed by atoms with Gasteiger partial charge in [-0.05, 0) is 44.9 Å². The van der Waals surface area contributed by atoms with Gasteiger partial charge in [0.25, 0.3) is 0 Å². The third-order valence-electron chi connectivity index (χ3n) is 6.57. The molecule has 0 radical (unpaired) electrons. The number of hydrogen-bond acceptors (Lipinski definition) is 6. The molecular formula is C26H42IN4O4S+. The molecule has 1 unspecified atom stereocenters. The van der Waals surface area contributed by atoms with Crippen molar-refractivity contribution < 1.29 is 24.4 Å². The van der Waals surface area contributed by atoms with Gasteiger partial charge >= 0.3 is 11.9 Å². The van der Waals surface area contributed by atoms with E-state index in [1.165, 1.54) is 18.7 Å². The number of quaternary nitrogens is 1. The molecule has 1 aromatic rings. The number of rotatable bonds is 11. The van der Waals surface area contributed by atoms with Crippen molar-refractivity contribution in [3.63, 3.8) is 0 Å². The predicted octanol–water partition coefficient (Wildman–Crippen LogP) is 2.56. The number of phenols is 1. The molecule has 1 fully saturated rings. The number of carbonyl (C=O) groups is 3. The molecule has 1 aliphatic rings. The highest BCUT2D eigenvalue weighted by molar-refractivity contribution is 14.1. The molecule has 1 aliphatic heterocycles. The number of aromatic hydroxyl groups is 1. The van der Waals surface area contributed by atoms with E-state index in [-0.39, 0.29) is 21.0 Å². The molecule has 2 rings (SSSR count). The third kappa shape index (κ3) is 9.50. The van der Waals surface area contributed by atoms with Crippen molar-refractivity contribution in [1.29, 1.82) is 0 Å². The number of alkyl halides is 1. The number of phenolic OH excluding ortho intramolecular Hbond substituents is 1. The molecule has 0 spiro atoms. The van der Waals surface area contributed by atoms with Crippen molar-refractivity contribution in [2.45, 2.75) is 56.9 Å². The molecule has 0 bridgehead atoms. The molecule has 3 N–H and O–H groups in total. The molecule has 8 nitrogen and oxygen atoms in total. The molecule has 36 heavy (non-hydrogen) atoms. The van der Waals surface area contributed by atoms with E-state index in [9.17, 15) is 19.5 Å². The lowest BCUT2D eigenvalue weighted by Gasteiger charge is -2.30. The van der Waals surface area contributed by atoms with Gasteiger partial charge in [-0.2, -0.15) is 0 Å². The molecule has 2 atom stereocenters. The molecule has 3 amide bonds.